The zero-order valence-corrected chi connectivity index (χ0v) is 14.8. The van der Waals surface area contributed by atoms with E-state index in [2.05, 4.69) is 6.58 Å². The SMILES string of the molecule is C=C[C@@]1(C)CCC[C@@H](C)[C@@]1(CC(=O)OC(C)(C)C)OC(C)=O. The Labute approximate surface area is 134 Å². The van der Waals surface area contributed by atoms with E-state index in [1.807, 2.05) is 40.7 Å². The lowest BCUT2D eigenvalue weighted by Gasteiger charge is -2.52. The van der Waals surface area contributed by atoms with Gasteiger partial charge in [-0.2, -0.15) is 0 Å². The maximum atomic E-state index is 12.4. The standard InChI is InChI=1S/C18H30O4/c1-8-17(7)11-9-10-13(2)18(17,21-14(3)19)12-15(20)22-16(4,5)6/h8,13H,1,9-12H2,2-7H3/t13-,17+,18-/m1/s1. The van der Waals surface area contributed by atoms with Crippen LogP contribution in [-0.4, -0.2) is 23.1 Å². The molecule has 0 aromatic carbocycles. The van der Waals surface area contributed by atoms with Crippen molar-refractivity contribution in [3.05, 3.63) is 12.7 Å². The third-order valence-electron chi connectivity index (χ3n) is 4.70. The van der Waals surface area contributed by atoms with Crippen LogP contribution in [0.1, 0.15) is 67.2 Å². The van der Waals surface area contributed by atoms with Crippen LogP contribution in [0.15, 0.2) is 12.7 Å². The summed E-state index contributed by atoms with van der Waals surface area (Å²) in [6, 6.07) is 0. The molecule has 1 fully saturated rings. The largest absolute Gasteiger partial charge is 0.460 e. The molecule has 0 aromatic rings. The number of ether oxygens (including phenoxy) is 2. The van der Waals surface area contributed by atoms with E-state index in [0.717, 1.165) is 19.3 Å². The van der Waals surface area contributed by atoms with Crippen molar-refractivity contribution >= 4 is 11.9 Å². The molecule has 1 aliphatic rings. The summed E-state index contributed by atoms with van der Waals surface area (Å²) in [6.07, 6.45) is 4.68. The van der Waals surface area contributed by atoms with E-state index in [4.69, 9.17) is 9.47 Å². The number of esters is 2. The lowest BCUT2D eigenvalue weighted by Crippen LogP contribution is -2.57. The second-order valence-electron chi connectivity index (χ2n) is 7.66. The Hall–Kier alpha value is -1.32. The topological polar surface area (TPSA) is 52.6 Å². The van der Waals surface area contributed by atoms with Crippen molar-refractivity contribution in [3.63, 3.8) is 0 Å². The molecule has 0 aromatic heterocycles. The van der Waals surface area contributed by atoms with Gasteiger partial charge in [-0.1, -0.05) is 26.3 Å². The summed E-state index contributed by atoms with van der Waals surface area (Å²) in [5.41, 5.74) is -1.88. The average molecular weight is 310 g/mol. The van der Waals surface area contributed by atoms with E-state index >= 15 is 0 Å². The molecule has 0 aliphatic heterocycles. The van der Waals surface area contributed by atoms with Crippen molar-refractivity contribution in [1.29, 1.82) is 0 Å². The van der Waals surface area contributed by atoms with Crippen LogP contribution in [0.2, 0.25) is 0 Å². The van der Waals surface area contributed by atoms with Gasteiger partial charge in [0.25, 0.3) is 0 Å². The summed E-state index contributed by atoms with van der Waals surface area (Å²) in [4.78, 5) is 24.1. The van der Waals surface area contributed by atoms with Gasteiger partial charge in [-0.15, -0.1) is 6.58 Å². The molecule has 0 saturated heterocycles. The number of rotatable bonds is 4. The van der Waals surface area contributed by atoms with Gasteiger partial charge >= 0.3 is 11.9 Å². The van der Waals surface area contributed by atoms with Crippen LogP contribution in [0.5, 0.6) is 0 Å². The van der Waals surface area contributed by atoms with Gasteiger partial charge in [-0.05, 0) is 39.5 Å². The smallest absolute Gasteiger partial charge is 0.310 e. The van der Waals surface area contributed by atoms with E-state index in [9.17, 15) is 9.59 Å². The van der Waals surface area contributed by atoms with Gasteiger partial charge in [-0.3, -0.25) is 9.59 Å². The van der Waals surface area contributed by atoms with E-state index in [1.165, 1.54) is 6.92 Å². The van der Waals surface area contributed by atoms with Crippen molar-refractivity contribution in [3.8, 4) is 0 Å². The highest BCUT2D eigenvalue weighted by atomic mass is 16.6. The first-order valence-electron chi connectivity index (χ1n) is 8.01. The van der Waals surface area contributed by atoms with Gasteiger partial charge in [-0.25, -0.2) is 0 Å². The minimum Gasteiger partial charge on any atom is -0.460 e. The molecule has 4 nitrogen and oxygen atoms in total. The molecule has 1 rings (SSSR count). The quantitative estimate of drug-likeness (QED) is 0.581. The molecule has 0 spiro atoms. The second-order valence-corrected chi connectivity index (χ2v) is 7.66. The van der Waals surface area contributed by atoms with Crippen LogP contribution in [0.25, 0.3) is 0 Å². The Morgan fingerprint density at radius 1 is 1.36 bits per heavy atom. The number of carbonyl (C=O) groups excluding carboxylic acids is 2. The van der Waals surface area contributed by atoms with E-state index in [1.54, 1.807) is 0 Å². The molecule has 1 aliphatic carbocycles. The molecule has 1 saturated carbocycles. The lowest BCUT2D eigenvalue weighted by atomic mass is 9.58. The van der Waals surface area contributed by atoms with Crippen LogP contribution >= 0.6 is 0 Å². The van der Waals surface area contributed by atoms with Crippen LogP contribution in [0, 0.1) is 11.3 Å². The minimum absolute atomic E-state index is 0.0630. The maximum absolute atomic E-state index is 12.4. The van der Waals surface area contributed by atoms with Gasteiger partial charge in [0.2, 0.25) is 0 Å². The van der Waals surface area contributed by atoms with Crippen LogP contribution in [0.4, 0.5) is 0 Å². The highest BCUT2D eigenvalue weighted by molar-refractivity contribution is 5.73. The summed E-state index contributed by atoms with van der Waals surface area (Å²) >= 11 is 0. The fourth-order valence-corrected chi connectivity index (χ4v) is 3.54. The van der Waals surface area contributed by atoms with Crippen molar-refractivity contribution in [2.24, 2.45) is 11.3 Å². The van der Waals surface area contributed by atoms with Crippen molar-refractivity contribution in [2.45, 2.75) is 78.4 Å². The van der Waals surface area contributed by atoms with E-state index in [-0.39, 0.29) is 24.3 Å². The third kappa shape index (κ3) is 3.90. The number of carbonyl (C=O) groups is 2. The Kier molecular flexibility index (Phi) is 5.47. The Balaban J connectivity index is 3.19. The molecule has 0 radical (unpaired) electrons. The van der Waals surface area contributed by atoms with Crippen LogP contribution in [-0.2, 0) is 19.1 Å². The van der Waals surface area contributed by atoms with Gasteiger partial charge in [0.1, 0.15) is 11.2 Å². The molecule has 4 heteroatoms. The minimum atomic E-state index is -0.888. The van der Waals surface area contributed by atoms with Crippen LogP contribution in [0.3, 0.4) is 0 Å². The van der Waals surface area contributed by atoms with Gasteiger partial charge < -0.3 is 9.47 Å². The molecular formula is C18H30O4. The molecule has 3 atom stereocenters. The molecule has 22 heavy (non-hydrogen) atoms. The first-order valence-corrected chi connectivity index (χ1v) is 8.01. The second kappa shape index (κ2) is 6.43. The van der Waals surface area contributed by atoms with Crippen molar-refractivity contribution < 1.29 is 19.1 Å². The lowest BCUT2D eigenvalue weighted by molar-refractivity contribution is -0.197. The normalized spacial score (nSPS) is 32.2. The number of hydrogen-bond acceptors (Lipinski definition) is 4. The molecule has 0 N–H and O–H groups in total. The summed E-state index contributed by atoms with van der Waals surface area (Å²) in [5, 5.41) is 0. The molecule has 0 bridgehead atoms. The Bertz CT molecular complexity index is 448. The van der Waals surface area contributed by atoms with Gasteiger partial charge in [0.05, 0.1) is 6.42 Å². The molecule has 0 heterocycles. The highest BCUT2D eigenvalue weighted by Gasteiger charge is 2.56. The molecule has 0 amide bonds. The fraction of sp³-hybridized carbons (Fsp3) is 0.778. The van der Waals surface area contributed by atoms with Crippen molar-refractivity contribution in [2.75, 3.05) is 0 Å². The molecule has 0 unspecified atom stereocenters. The van der Waals surface area contributed by atoms with Gasteiger partial charge in [0.15, 0.2) is 0 Å². The number of hydrogen-bond donors (Lipinski definition) is 0. The Morgan fingerprint density at radius 2 is 1.95 bits per heavy atom. The zero-order chi connectivity index (χ0) is 17.2. The maximum Gasteiger partial charge on any atom is 0.310 e. The predicted octanol–water partition coefficient (Wildman–Crippen LogP) is 4.03. The first kappa shape index (κ1) is 18.7. The monoisotopic (exact) mass is 310 g/mol. The zero-order valence-electron chi connectivity index (χ0n) is 14.8. The van der Waals surface area contributed by atoms with E-state index in [0.29, 0.717) is 0 Å². The summed E-state index contributed by atoms with van der Waals surface area (Å²) < 4.78 is 11.2. The summed E-state index contributed by atoms with van der Waals surface area (Å²) in [5.74, 6) is -0.637. The molecule has 126 valence electrons. The van der Waals surface area contributed by atoms with Crippen LogP contribution < -0.4 is 0 Å². The third-order valence-corrected chi connectivity index (χ3v) is 4.70. The first-order chi connectivity index (χ1) is 9.96. The summed E-state index contributed by atoms with van der Waals surface area (Å²) in [7, 11) is 0. The van der Waals surface area contributed by atoms with E-state index < -0.39 is 16.6 Å². The summed E-state index contributed by atoms with van der Waals surface area (Å²) in [6.45, 7) is 14.9. The fourth-order valence-electron chi connectivity index (χ4n) is 3.54. The van der Waals surface area contributed by atoms with Gasteiger partial charge in [0, 0.05) is 12.3 Å². The Morgan fingerprint density at radius 3 is 2.41 bits per heavy atom. The highest BCUT2D eigenvalue weighted by Crippen LogP contribution is 2.52. The van der Waals surface area contributed by atoms with Crippen molar-refractivity contribution in [1.82, 2.24) is 0 Å². The predicted molar refractivity (Wildman–Crippen MR) is 86.3 cm³/mol. The average Bonchev–Trinajstić information content (AvgIpc) is 2.32. The molecular weight excluding hydrogens is 280 g/mol.